The van der Waals surface area contributed by atoms with Crippen LogP contribution in [0.4, 0.5) is 0 Å². The first-order valence-electron chi connectivity index (χ1n) is 0.698. The first kappa shape index (κ1) is 15.8. The molecule has 0 aliphatic carbocycles. The number of rotatable bonds is 0. The van der Waals surface area contributed by atoms with Crippen LogP contribution in [-0.2, 0) is 10.4 Å². The molecule has 0 aliphatic heterocycles. The van der Waals surface area contributed by atoms with Gasteiger partial charge in [0, 0.05) is 0 Å². The van der Waals surface area contributed by atoms with Crippen LogP contribution in [0.15, 0.2) is 0 Å². The molecule has 0 atom stereocenters. The van der Waals surface area contributed by atoms with Crippen LogP contribution < -0.4 is 29.6 Å². The van der Waals surface area contributed by atoms with Crippen LogP contribution in [0.25, 0.3) is 0 Å². The van der Waals surface area contributed by atoms with Crippen molar-refractivity contribution in [2.75, 3.05) is 0 Å². The Morgan fingerprint density at radius 3 is 1.29 bits per heavy atom. The van der Waals surface area contributed by atoms with Crippen LogP contribution >= 0.6 is 17.0 Å². The first-order chi connectivity index (χ1) is 2.00. The van der Waals surface area contributed by atoms with Crippen LogP contribution in [0.5, 0.6) is 0 Å². The van der Waals surface area contributed by atoms with Crippen molar-refractivity contribution in [2.45, 2.75) is 0 Å². The minimum atomic E-state index is -4.67. The summed E-state index contributed by atoms with van der Waals surface area (Å²) in [7, 11) is -4.67. The fourth-order valence-electron chi connectivity index (χ4n) is 0. The maximum atomic E-state index is 8.74. The Balaban J connectivity index is -0.0000000267. The predicted molar refractivity (Wildman–Crippen MR) is 25.6 cm³/mol. The molecule has 0 rings (SSSR count). The van der Waals surface area contributed by atoms with E-state index in [1.54, 1.807) is 0 Å². The Hall–Kier alpha value is 1.35. The summed E-state index contributed by atoms with van der Waals surface area (Å²) in [6.07, 6.45) is 0. The Morgan fingerprint density at radius 1 is 1.29 bits per heavy atom. The summed E-state index contributed by atoms with van der Waals surface area (Å²) in [5.41, 5.74) is 0. The molecular formula is H4BrNaO4S. The normalized spacial score (nSPS) is 8.29. The Morgan fingerprint density at radius 2 is 1.29 bits per heavy atom. The molecule has 0 amide bonds. The van der Waals surface area contributed by atoms with Gasteiger partial charge in [0.05, 0.1) is 0 Å². The molecule has 7 heavy (non-hydrogen) atoms. The van der Waals surface area contributed by atoms with E-state index in [-0.39, 0.29) is 48.0 Å². The van der Waals surface area contributed by atoms with E-state index in [0.29, 0.717) is 0 Å². The van der Waals surface area contributed by atoms with E-state index < -0.39 is 10.4 Å². The van der Waals surface area contributed by atoms with Crippen molar-refractivity contribution in [2.24, 2.45) is 0 Å². The minimum Gasteiger partial charge on any atom is -1.00 e. The van der Waals surface area contributed by atoms with Crippen molar-refractivity contribution in [3.63, 3.8) is 0 Å². The summed E-state index contributed by atoms with van der Waals surface area (Å²) in [5, 5.41) is 0. The van der Waals surface area contributed by atoms with Crippen molar-refractivity contribution in [3.05, 3.63) is 0 Å². The maximum absolute atomic E-state index is 8.74. The molecule has 0 fully saturated rings. The van der Waals surface area contributed by atoms with E-state index in [4.69, 9.17) is 17.5 Å². The van der Waals surface area contributed by atoms with Gasteiger partial charge in [-0.1, -0.05) is 0 Å². The third-order valence-electron chi connectivity index (χ3n) is 0. The van der Waals surface area contributed by atoms with Gasteiger partial charge in [0.2, 0.25) is 0 Å². The number of hydrogen-bond donors (Lipinski definition) is 2. The fourth-order valence-corrected chi connectivity index (χ4v) is 0. The quantitative estimate of drug-likeness (QED) is 0.326. The van der Waals surface area contributed by atoms with E-state index in [1.165, 1.54) is 0 Å². The van der Waals surface area contributed by atoms with Gasteiger partial charge in [0.1, 0.15) is 0 Å². The van der Waals surface area contributed by atoms with E-state index in [0.717, 1.165) is 0 Å². The van der Waals surface area contributed by atoms with Gasteiger partial charge < -0.3 is 1.43 Å². The molecule has 0 saturated carbocycles. The molecule has 0 radical (unpaired) electrons. The van der Waals surface area contributed by atoms with Crippen LogP contribution in [0, 0.1) is 0 Å². The number of halogens is 1. The zero-order chi connectivity index (χ0) is 4.50. The van der Waals surface area contributed by atoms with Gasteiger partial charge in [-0.15, -0.1) is 17.0 Å². The average molecular weight is 203 g/mol. The smallest absolute Gasteiger partial charge is 1.00 e. The molecule has 0 aromatic heterocycles. The molecule has 0 aromatic carbocycles. The van der Waals surface area contributed by atoms with Gasteiger partial charge in [0.15, 0.2) is 0 Å². The molecule has 0 unspecified atom stereocenters. The molecule has 7 heteroatoms. The molecule has 42 valence electrons. The van der Waals surface area contributed by atoms with Gasteiger partial charge in [-0.3, -0.25) is 9.11 Å². The number of hydrogen-bond acceptors (Lipinski definition) is 2. The second-order valence-electron chi connectivity index (χ2n) is 0.448. The van der Waals surface area contributed by atoms with Crippen LogP contribution in [0.1, 0.15) is 1.43 Å². The molecule has 0 spiro atoms. The standard InChI is InChI=1S/BrH.Na.H2O4S.H/c;;1-5(2,3)4;/h1H;;(H2,1,2,3,4);/q;+1;;-1. The third kappa shape index (κ3) is 115. The third-order valence-corrected chi connectivity index (χ3v) is 0. The maximum Gasteiger partial charge on any atom is 1.00 e. The van der Waals surface area contributed by atoms with Crippen molar-refractivity contribution in [3.8, 4) is 0 Å². The van der Waals surface area contributed by atoms with Crippen molar-refractivity contribution >= 4 is 27.4 Å². The summed E-state index contributed by atoms with van der Waals surface area (Å²) >= 11 is 0. The summed E-state index contributed by atoms with van der Waals surface area (Å²) < 4.78 is 31.6. The Labute approximate surface area is 75.4 Å². The topological polar surface area (TPSA) is 74.6 Å². The van der Waals surface area contributed by atoms with Crippen molar-refractivity contribution < 1.29 is 48.5 Å². The van der Waals surface area contributed by atoms with Gasteiger partial charge in [-0.25, -0.2) is 0 Å². The first-order valence-corrected chi connectivity index (χ1v) is 2.10. The molecule has 0 aliphatic rings. The van der Waals surface area contributed by atoms with Gasteiger partial charge in [-0.05, 0) is 0 Å². The van der Waals surface area contributed by atoms with E-state index >= 15 is 0 Å². The molecule has 0 saturated heterocycles. The van der Waals surface area contributed by atoms with E-state index in [1.807, 2.05) is 0 Å². The largest absolute Gasteiger partial charge is 1.00 e. The monoisotopic (exact) mass is 202 g/mol. The molecular weight excluding hydrogens is 199 g/mol. The molecule has 0 bridgehead atoms. The molecule has 2 N–H and O–H groups in total. The van der Waals surface area contributed by atoms with E-state index in [2.05, 4.69) is 0 Å². The Kier molecular flexibility index (Phi) is 12.4. The molecule has 0 heterocycles. The van der Waals surface area contributed by atoms with Gasteiger partial charge in [-0.2, -0.15) is 8.42 Å². The van der Waals surface area contributed by atoms with Gasteiger partial charge >= 0.3 is 40.0 Å². The zero-order valence-corrected chi connectivity index (χ0v) is 8.06. The average Bonchev–Trinajstić information content (AvgIpc) is 0.722. The zero-order valence-electron chi connectivity index (χ0n) is 4.53. The van der Waals surface area contributed by atoms with Crippen molar-refractivity contribution in [1.82, 2.24) is 0 Å². The van der Waals surface area contributed by atoms with Crippen LogP contribution in [0.2, 0.25) is 0 Å². The molecule has 0 aromatic rings. The fraction of sp³-hybridized carbons (Fsp3) is 0. The van der Waals surface area contributed by atoms with Crippen LogP contribution in [-0.4, -0.2) is 17.5 Å². The second-order valence-corrected chi connectivity index (χ2v) is 1.34. The summed E-state index contributed by atoms with van der Waals surface area (Å²) in [6, 6.07) is 0. The Bertz CT molecular complexity index is 99.2. The second kappa shape index (κ2) is 5.49. The van der Waals surface area contributed by atoms with Gasteiger partial charge in [0.25, 0.3) is 0 Å². The SMILES string of the molecule is Br.O=S(=O)(O)O.[H-].[Na+]. The molecule has 4 nitrogen and oxygen atoms in total. The van der Waals surface area contributed by atoms with E-state index in [9.17, 15) is 0 Å². The van der Waals surface area contributed by atoms with Crippen molar-refractivity contribution in [1.29, 1.82) is 0 Å². The summed E-state index contributed by atoms with van der Waals surface area (Å²) in [4.78, 5) is 0. The summed E-state index contributed by atoms with van der Waals surface area (Å²) in [5.74, 6) is 0. The van der Waals surface area contributed by atoms with Crippen LogP contribution in [0.3, 0.4) is 0 Å². The predicted octanol–water partition coefficient (Wildman–Crippen LogP) is -2.96. The minimum absolute atomic E-state index is 0. The summed E-state index contributed by atoms with van der Waals surface area (Å²) in [6.45, 7) is 0.